The van der Waals surface area contributed by atoms with Gasteiger partial charge in [-0.2, -0.15) is 18.3 Å². The van der Waals surface area contributed by atoms with Crippen molar-refractivity contribution in [1.29, 1.82) is 0 Å². The van der Waals surface area contributed by atoms with E-state index < -0.39 is 12.1 Å². The smallest absolute Gasteiger partial charge is 0.270 e. The monoisotopic (exact) mass is 258 g/mol. The van der Waals surface area contributed by atoms with Gasteiger partial charge in [-0.3, -0.25) is 4.68 Å². The predicted octanol–water partition coefficient (Wildman–Crippen LogP) is 4.21. The summed E-state index contributed by atoms with van der Waals surface area (Å²) in [5.41, 5.74) is 1.75. The van der Waals surface area contributed by atoms with E-state index in [-0.39, 0.29) is 18.9 Å². The molecule has 0 fully saturated rings. The molecule has 1 aliphatic rings. The Morgan fingerprint density at radius 1 is 1.39 bits per heavy atom. The third-order valence-electron chi connectivity index (χ3n) is 3.34. The average Bonchev–Trinajstić information content (AvgIpc) is 2.77. The van der Waals surface area contributed by atoms with E-state index in [1.54, 1.807) is 6.08 Å². The molecule has 0 saturated carbocycles. The van der Waals surface area contributed by atoms with Crippen LogP contribution >= 0.6 is 0 Å². The van der Waals surface area contributed by atoms with Gasteiger partial charge in [0.05, 0.1) is 11.6 Å². The molecule has 0 N–H and O–H groups in total. The molecule has 1 atom stereocenters. The van der Waals surface area contributed by atoms with Gasteiger partial charge in [0, 0.05) is 12.2 Å². The van der Waals surface area contributed by atoms with E-state index in [4.69, 9.17) is 0 Å². The summed E-state index contributed by atoms with van der Waals surface area (Å²) in [6, 6.07) is 2.14. The summed E-state index contributed by atoms with van der Waals surface area (Å²) < 4.78 is 39.4. The standard InChI is InChI=1S/C13H17F3N2/c1-9(2)18-8-7-12(17-18)10-3-5-11(6-4-10)13(14,15)16/h3,7-9,11H,4-6H2,1-2H3. The summed E-state index contributed by atoms with van der Waals surface area (Å²) in [7, 11) is 0. The zero-order valence-electron chi connectivity index (χ0n) is 10.5. The Kier molecular flexibility index (Phi) is 3.50. The second kappa shape index (κ2) is 4.78. The van der Waals surface area contributed by atoms with Crippen molar-refractivity contribution in [1.82, 2.24) is 9.78 Å². The number of aromatic nitrogens is 2. The van der Waals surface area contributed by atoms with Crippen LogP contribution in [0.25, 0.3) is 5.57 Å². The van der Waals surface area contributed by atoms with Gasteiger partial charge in [-0.15, -0.1) is 0 Å². The van der Waals surface area contributed by atoms with E-state index in [1.807, 2.05) is 30.8 Å². The van der Waals surface area contributed by atoms with Gasteiger partial charge >= 0.3 is 6.18 Å². The molecule has 1 aromatic heterocycles. The average molecular weight is 258 g/mol. The quantitative estimate of drug-likeness (QED) is 0.777. The topological polar surface area (TPSA) is 17.8 Å². The van der Waals surface area contributed by atoms with Crippen molar-refractivity contribution in [3.05, 3.63) is 24.0 Å². The second-order valence-electron chi connectivity index (χ2n) is 5.02. The van der Waals surface area contributed by atoms with Crippen molar-refractivity contribution >= 4 is 5.57 Å². The van der Waals surface area contributed by atoms with Crippen molar-refractivity contribution in [2.45, 2.75) is 45.3 Å². The normalized spacial score (nSPS) is 21.2. The molecule has 2 rings (SSSR count). The Morgan fingerprint density at radius 3 is 2.56 bits per heavy atom. The first-order valence-electron chi connectivity index (χ1n) is 6.19. The molecule has 0 amide bonds. The maximum Gasteiger partial charge on any atom is 0.392 e. The molecule has 1 aromatic rings. The van der Waals surface area contributed by atoms with E-state index in [1.165, 1.54) is 0 Å². The summed E-state index contributed by atoms with van der Waals surface area (Å²) >= 11 is 0. The van der Waals surface area contributed by atoms with Crippen LogP contribution in [0.2, 0.25) is 0 Å². The SMILES string of the molecule is CC(C)n1ccc(C2=CCC(C(F)(F)F)CC2)n1. The lowest BCUT2D eigenvalue weighted by Crippen LogP contribution is -2.24. The molecule has 18 heavy (non-hydrogen) atoms. The fourth-order valence-corrected chi connectivity index (χ4v) is 2.16. The van der Waals surface area contributed by atoms with E-state index in [2.05, 4.69) is 5.10 Å². The Hall–Kier alpha value is -1.26. The molecule has 0 spiro atoms. The molecular formula is C13H17F3N2. The number of allylic oxidation sites excluding steroid dienone is 2. The van der Waals surface area contributed by atoms with Gasteiger partial charge in [-0.1, -0.05) is 6.08 Å². The molecule has 0 bridgehead atoms. The minimum Gasteiger partial charge on any atom is -0.270 e. The van der Waals surface area contributed by atoms with Crippen LogP contribution in [0, 0.1) is 5.92 Å². The zero-order valence-corrected chi connectivity index (χ0v) is 10.5. The summed E-state index contributed by atoms with van der Waals surface area (Å²) in [5.74, 6) is -1.19. The van der Waals surface area contributed by atoms with Gasteiger partial charge in [-0.05, 0) is 44.7 Å². The third kappa shape index (κ3) is 2.76. The minimum atomic E-state index is -4.07. The fraction of sp³-hybridized carbons (Fsp3) is 0.615. The van der Waals surface area contributed by atoms with Crippen LogP contribution in [0.3, 0.4) is 0 Å². The van der Waals surface area contributed by atoms with Gasteiger partial charge in [0.1, 0.15) is 0 Å². The first-order chi connectivity index (χ1) is 8.38. The Bertz CT molecular complexity index is 443. The number of nitrogens with zero attached hydrogens (tertiary/aromatic N) is 2. The van der Waals surface area contributed by atoms with Crippen LogP contribution in [-0.2, 0) is 0 Å². The maximum absolute atomic E-state index is 12.5. The molecule has 1 aliphatic carbocycles. The van der Waals surface area contributed by atoms with Crippen molar-refractivity contribution in [2.75, 3.05) is 0 Å². The highest BCUT2D eigenvalue weighted by molar-refractivity contribution is 5.63. The van der Waals surface area contributed by atoms with Crippen LogP contribution in [-0.4, -0.2) is 16.0 Å². The molecule has 1 unspecified atom stereocenters. The maximum atomic E-state index is 12.5. The first-order valence-corrected chi connectivity index (χ1v) is 6.19. The number of hydrogen-bond donors (Lipinski definition) is 0. The number of halogens is 3. The van der Waals surface area contributed by atoms with Gasteiger partial charge in [0.15, 0.2) is 0 Å². The van der Waals surface area contributed by atoms with Crippen LogP contribution in [0.15, 0.2) is 18.3 Å². The molecule has 0 aromatic carbocycles. The molecule has 100 valence electrons. The number of hydrogen-bond acceptors (Lipinski definition) is 1. The van der Waals surface area contributed by atoms with Gasteiger partial charge in [0.25, 0.3) is 0 Å². The highest BCUT2D eigenvalue weighted by Crippen LogP contribution is 2.38. The summed E-state index contributed by atoms with van der Waals surface area (Å²) in [6.45, 7) is 4.04. The van der Waals surface area contributed by atoms with E-state index >= 15 is 0 Å². The lowest BCUT2D eigenvalue weighted by Gasteiger charge is -2.23. The first kappa shape index (κ1) is 13.2. The van der Waals surface area contributed by atoms with Crippen LogP contribution < -0.4 is 0 Å². The Morgan fingerprint density at radius 2 is 2.11 bits per heavy atom. The minimum absolute atomic E-state index is 0.0768. The van der Waals surface area contributed by atoms with Crippen molar-refractivity contribution in [3.63, 3.8) is 0 Å². The molecule has 1 heterocycles. The highest BCUT2D eigenvalue weighted by Gasteiger charge is 2.39. The van der Waals surface area contributed by atoms with Gasteiger partial charge < -0.3 is 0 Å². The van der Waals surface area contributed by atoms with Crippen LogP contribution in [0.5, 0.6) is 0 Å². The zero-order chi connectivity index (χ0) is 13.3. The summed E-state index contributed by atoms with van der Waals surface area (Å²) in [5, 5.41) is 4.39. The number of rotatable bonds is 2. The summed E-state index contributed by atoms with van der Waals surface area (Å²) in [6.07, 6.45) is 0.196. The molecule has 0 radical (unpaired) electrons. The molecule has 2 nitrogen and oxygen atoms in total. The van der Waals surface area contributed by atoms with E-state index in [9.17, 15) is 13.2 Å². The van der Waals surface area contributed by atoms with Crippen molar-refractivity contribution in [3.8, 4) is 0 Å². The van der Waals surface area contributed by atoms with Crippen LogP contribution in [0.1, 0.15) is 44.8 Å². The third-order valence-corrected chi connectivity index (χ3v) is 3.34. The van der Waals surface area contributed by atoms with E-state index in [0.29, 0.717) is 6.42 Å². The highest BCUT2D eigenvalue weighted by atomic mass is 19.4. The number of alkyl halides is 3. The lowest BCUT2D eigenvalue weighted by molar-refractivity contribution is -0.175. The van der Waals surface area contributed by atoms with Crippen molar-refractivity contribution < 1.29 is 13.2 Å². The molecule has 0 aliphatic heterocycles. The van der Waals surface area contributed by atoms with Gasteiger partial charge in [0.2, 0.25) is 0 Å². The fourth-order valence-electron chi connectivity index (χ4n) is 2.16. The Labute approximate surface area is 104 Å². The molecule has 0 saturated heterocycles. The predicted molar refractivity (Wildman–Crippen MR) is 64.0 cm³/mol. The van der Waals surface area contributed by atoms with E-state index in [0.717, 1.165) is 11.3 Å². The molecule has 5 heteroatoms. The second-order valence-corrected chi connectivity index (χ2v) is 5.02. The van der Waals surface area contributed by atoms with Crippen molar-refractivity contribution in [2.24, 2.45) is 5.92 Å². The largest absolute Gasteiger partial charge is 0.392 e. The lowest BCUT2D eigenvalue weighted by atomic mass is 9.88. The summed E-state index contributed by atoms with van der Waals surface area (Å²) in [4.78, 5) is 0. The van der Waals surface area contributed by atoms with Crippen LogP contribution in [0.4, 0.5) is 13.2 Å². The molecular weight excluding hydrogens is 241 g/mol. The van der Waals surface area contributed by atoms with Gasteiger partial charge in [-0.25, -0.2) is 0 Å². The Balaban J connectivity index is 2.09.